The van der Waals surface area contributed by atoms with Crippen molar-refractivity contribution in [2.45, 2.75) is 19.8 Å². The Bertz CT molecular complexity index is 348. The van der Waals surface area contributed by atoms with E-state index in [1.54, 1.807) is 0 Å². The number of nitrogens with zero attached hydrogens (tertiary/aromatic N) is 1. The molecule has 0 saturated carbocycles. The Labute approximate surface area is 96.2 Å². The van der Waals surface area contributed by atoms with E-state index in [2.05, 4.69) is 10.3 Å². The van der Waals surface area contributed by atoms with Crippen LogP contribution in [0.15, 0.2) is 12.3 Å². The molecule has 2 rings (SSSR count). The van der Waals surface area contributed by atoms with Gasteiger partial charge in [-0.15, -0.1) is 0 Å². The lowest BCUT2D eigenvalue weighted by molar-refractivity contribution is 0.0699. The van der Waals surface area contributed by atoms with E-state index in [9.17, 15) is 0 Å². The summed E-state index contributed by atoms with van der Waals surface area (Å²) < 4.78 is 5.32. The molecule has 1 saturated heterocycles. The summed E-state index contributed by atoms with van der Waals surface area (Å²) in [6.07, 6.45) is 4.08. The number of aryl methyl sites for hydroxylation is 1. The third kappa shape index (κ3) is 2.85. The van der Waals surface area contributed by atoms with E-state index in [1.165, 1.54) is 0 Å². The standard InChI is InChI=1S/C12H19N3O/c1-9-6-11(13)12(14-7-9)15-8-10-2-4-16-5-3-10/h6-7,10H,2-5,8,13H2,1H3,(H,14,15). The number of nitrogen functional groups attached to an aromatic ring is 1. The fourth-order valence-corrected chi connectivity index (χ4v) is 1.93. The van der Waals surface area contributed by atoms with Crippen LogP contribution in [-0.2, 0) is 4.74 Å². The van der Waals surface area contributed by atoms with Gasteiger partial charge >= 0.3 is 0 Å². The van der Waals surface area contributed by atoms with Gasteiger partial charge in [-0.3, -0.25) is 0 Å². The average Bonchev–Trinajstić information content (AvgIpc) is 2.29. The van der Waals surface area contributed by atoms with Gasteiger partial charge in [0.15, 0.2) is 0 Å². The minimum absolute atomic E-state index is 0.677. The van der Waals surface area contributed by atoms with E-state index in [4.69, 9.17) is 10.5 Å². The van der Waals surface area contributed by atoms with Crippen LogP contribution in [0.3, 0.4) is 0 Å². The van der Waals surface area contributed by atoms with Crippen molar-refractivity contribution in [3.63, 3.8) is 0 Å². The molecule has 1 aromatic rings. The fraction of sp³-hybridized carbons (Fsp3) is 0.583. The van der Waals surface area contributed by atoms with Crippen molar-refractivity contribution in [1.29, 1.82) is 0 Å². The highest BCUT2D eigenvalue weighted by Crippen LogP contribution is 2.19. The van der Waals surface area contributed by atoms with Gasteiger partial charge in [0.05, 0.1) is 5.69 Å². The molecule has 0 bridgehead atoms. The summed E-state index contributed by atoms with van der Waals surface area (Å²) in [6.45, 7) is 4.68. The van der Waals surface area contributed by atoms with Crippen LogP contribution in [0.25, 0.3) is 0 Å². The maximum absolute atomic E-state index is 5.89. The zero-order chi connectivity index (χ0) is 11.4. The Morgan fingerprint density at radius 1 is 1.50 bits per heavy atom. The molecule has 0 aromatic carbocycles. The second-order valence-corrected chi connectivity index (χ2v) is 4.39. The first-order valence-electron chi connectivity index (χ1n) is 5.79. The first-order valence-corrected chi connectivity index (χ1v) is 5.79. The lowest BCUT2D eigenvalue weighted by Crippen LogP contribution is -2.23. The molecule has 1 aromatic heterocycles. The molecule has 0 aliphatic carbocycles. The number of anilines is 2. The summed E-state index contributed by atoms with van der Waals surface area (Å²) >= 11 is 0. The van der Waals surface area contributed by atoms with Gasteiger partial charge < -0.3 is 15.8 Å². The molecule has 1 fully saturated rings. The van der Waals surface area contributed by atoms with E-state index in [-0.39, 0.29) is 0 Å². The smallest absolute Gasteiger partial charge is 0.149 e. The molecule has 0 radical (unpaired) electrons. The SMILES string of the molecule is Cc1cnc(NCC2CCOCC2)c(N)c1. The third-order valence-corrected chi connectivity index (χ3v) is 2.95. The zero-order valence-corrected chi connectivity index (χ0v) is 9.70. The number of ether oxygens (including phenoxy) is 1. The summed E-state index contributed by atoms with van der Waals surface area (Å²) in [6, 6.07) is 1.94. The highest BCUT2D eigenvalue weighted by Gasteiger charge is 2.13. The summed E-state index contributed by atoms with van der Waals surface area (Å²) in [4.78, 5) is 4.29. The summed E-state index contributed by atoms with van der Waals surface area (Å²) in [5, 5.41) is 3.32. The number of nitrogens with two attached hydrogens (primary N) is 1. The maximum atomic E-state index is 5.89. The van der Waals surface area contributed by atoms with Gasteiger partial charge in [0.1, 0.15) is 5.82 Å². The molecule has 0 unspecified atom stereocenters. The van der Waals surface area contributed by atoms with Crippen molar-refractivity contribution in [1.82, 2.24) is 4.98 Å². The van der Waals surface area contributed by atoms with Crippen molar-refractivity contribution in [2.24, 2.45) is 5.92 Å². The van der Waals surface area contributed by atoms with Gasteiger partial charge in [-0.05, 0) is 37.3 Å². The van der Waals surface area contributed by atoms with Crippen molar-refractivity contribution in [3.8, 4) is 0 Å². The number of pyridine rings is 1. The van der Waals surface area contributed by atoms with Crippen molar-refractivity contribution >= 4 is 11.5 Å². The lowest BCUT2D eigenvalue weighted by atomic mass is 10.0. The molecule has 3 N–H and O–H groups in total. The van der Waals surface area contributed by atoms with E-state index >= 15 is 0 Å². The van der Waals surface area contributed by atoms with Gasteiger partial charge in [0.25, 0.3) is 0 Å². The maximum Gasteiger partial charge on any atom is 0.149 e. The van der Waals surface area contributed by atoms with Crippen LogP contribution in [-0.4, -0.2) is 24.7 Å². The van der Waals surface area contributed by atoms with Crippen molar-refractivity contribution < 1.29 is 4.74 Å². The van der Waals surface area contributed by atoms with Crippen LogP contribution in [0, 0.1) is 12.8 Å². The Balaban J connectivity index is 1.88. The highest BCUT2D eigenvalue weighted by molar-refractivity contribution is 5.61. The van der Waals surface area contributed by atoms with E-state index in [1.807, 2.05) is 19.2 Å². The Morgan fingerprint density at radius 2 is 2.25 bits per heavy atom. The van der Waals surface area contributed by atoms with E-state index in [0.29, 0.717) is 5.92 Å². The van der Waals surface area contributed by atoms with Crippen LogP contribution in [0.1, 0.15) is 18.4 Å². The summed E-state index contributed by atoms with van der Waals surface area (Å²) in [5.41, 5.74) is 7.71. The molecule has 2 heterocycles. The third-order valence-electron chi connectivity index (χ3n) is 2.95. The minimum Gasteiger partial charge on any atom is -0.396 e. The van der Waals surface area contributed by atoms with Gasteiger partial charge in [0, 0.05) is 26.0 Å². The molecule has 16 heavy (non-hydrogen) atoms. The Kier molecular flexibility index (Phi) is 3.62. The normalized spacial score (nSPS) is 17.3. The summed E-state index contributed by atoms with van der Waals surface area (Å²) in [5.74, 6) is 1.48. The van der Waals surface area contributed by atoms with Crippen LogP contribution < -0.4 is 11.1 Å². The predicted octanol–water partition coefficient (Wildman–Crippen LogP) is 1.81. The van der Waals surface area contributed by atoms with Crippen LogP contribution >= 0.6 is 0 Å². The van der Waals surface area contributed by atoms with E-state index in [0.717, 1.165) is 49.7 Å². The Hall–Kier alpha value is -1.29. The van der Waals surface area contributed by atoms with Crippen LogP contribution in [0.2, 0.25) is 0 Å². The highest BCUT2D eigenvalue weighted by atomic mass is 16.5. The molecular formula is C12H19N3O. The second kappa shape index (κ2) is 5.16. The van der Waals surface area contributed by atoms with Gasteiger partial charge in [0.2, 0.25) is 0 Å². The molecule has 0 amide bonds. The topological polar surface area (TPSA) is 60.2 Å². The van der Waals surface area contributed by atoms with Gasteiger partial charge in [-0.25, -0.2) is 4.98 Å². The summed E-state index contributed by atoms with van der Waals surface area (Å²) in [7, 11) is 0. The fourth-order valence-electron chi connectivity index (χ4n) is 1.93. The lowest BCUT2D eigenvalue weighted by Gasteiger charge is -2.22. The van der Waals surface area contributed by atoms with E-state index < -0.39 is 0 Å². The number of rotatable bonds is 3. The number of aromatic nitrogens is 1. The molecule has 1 aliphatic rings. The Morgan fingerprint density at radius 3 is 2.94 bits per heavy atom. The second-order valence-electron chi connectivity index (χ2n) is 4.39. The minimum atomic E-state index is 0.677. The first kappa shape index (κ1) is 11.2. The van der Waals surface area contributed by atoms with Crippen molar-refractivity contribution in [2.75, 3.05) is 30.8 Å². The van der Waals surface area contributed by atoms with Gasteiger partial charge in [-0.1, -0.05) is 0 Å². The monoisotopic (exact) mass is 221 g/mol. The molecule has 1 aliphatic heterocycles. The largest absolute Gasteiger partial charge is 0.396 e. The molecule has 88 valence electrons. The zero-order valence-electron chi connectivity index (χ0n) is 9.70. The predicted molar refractivity (Wildman–Crippen MR) is 65.4 cm³/mol. The van der Waals surface area contributed by atoms with Gasteiger partial charge in [-0.2, -0.15) is 0 Å². The molecule has 0 atom stereocenters. The average molecular weight is 221 g/mol. The molecule has 4 nitrogen and oxygen atoms in total. The number of hydrogen-bond donors (Lipinski definition) is 2. The van der Waals surface area contributed by atoms with Crippen molar-refractivity contribution in [3.05, 3.63) is 17.8 Å². The quantitative estimate of drug-likeness (QED) is 0.817. The molecule has 0 spiro atoms. The molecule has 4 heteroatoms. The number of nitrogens with one attached hydrogen (secondary N) is 1. The first-order chi connectivity index (χ1) is 7.75. The molecular weight excluding hydrogens is 202 g/mol. The number of hydrogen-bond acceptors (Lipinski definition) is 4. The van der Waals surface area contributed by atoms with Crippen LogP contribution in [0.5, 0.6) is 0 Å². The van der Waals surface area contributed by atoms with Crippen LogP contribution in [0.4, 0.5) is 11.5 Å².